The molecular formula is C28H29NO4. The standard InChI is InChI=1S/C28H29NO4/c1-33-24-16-14-23(15-17-24)28(32)19-26(27(30)31)29(20-28)18-8-13-25(21-9-4-2-5-10-21)22-11-6-3-7-12-22/h2-7,9-17,26,32H,8,18-20H2,1H3,(H,30,31)/t26-,28-/m0/s1. The summed E-state index contributed by atoms with van der Waals surface area (Å²) in [6.45, 7) is 0.814. The smallest absolute Gasteiger partial charge is 0.321 e. The topological polar surface area (TPSA) is 70.0 Å². The van der Waals surface area contributed by atoms with Crippen LogP contribution in [0.2, 0.25) is 0 Å². The van der Waals surface area contributed by atoms with Crippen LogP contribution in [0.3, 0.4) is 0 Å². The fraction of sp³-hybridized carbons (Fsp3) is 0.250. The molecule has 3 aromatic carbocycles. The lowest BCUT2D eigenvalue weighted by Crippen LogP contribution is -2.36. The summed E-state index contributed by atoms with van der Waals surface area (Å²) in [5, 5.41) is 21.1. The largest absolute Gasteiger partial charge is 0.497 e. The lowest BCUT2D eigenvalue weighted by atomic mass is 9.91. The number of carbonyl (C=O) groups is 1. The molecule has 0 radical (unpaired) electrons. The van der Waals surface area contributed by atoms with Crippen molar-refractivity contribution >= 4 is 11.5 Å². The van der Waals surface area contributed by atoms with E-state index in [9.17, 15) is 15.0 Å². The first-order valence-corrected chi connectivity index (χ1v) is 11.1. The van der Waals surface area contributed by atoms with Crippen LogP contribution in [-0.4, -0.2) is 47.3 Å². The number of rotatable bonds is 8. The van der Waals surface area contributed by atoms with Crippen LogP contribution in [0.25, 0.3) is 5.57 Å². The second kappa shape index (κ2) is 10.0. The van der Waals surface area contributed by atoms with Crippen LogP contribution in [0, 0.1) is 0 Å². The Morgan fingerprint density at radius 1 is 1.00 bits per heavy atom. The van der Waals surface area contributed by atoms with E-state index in [0.717, 1.165) is 16.7 Å². The molecule has 0 aliphatic carbocycles. The highest BCUT2D eigenvalue weighted by Gasteiger charge is 2.46. The summed E-state index contributed by atoms with van der Waals surface area (Å²) in [7, 11) is 1.59. The van der Waals surface area contributed by atoms with Crippen molar-refractivity contribution in [3.63, 3.8) is 0 Å². The lowest BCUT2D eigenvalue weighted by Gasteiger charge is -2.24. The summed E-state index contributed by atoms with van der Waals surface area (Å²) in [6, 6.07) is 26.8. The van der Waals surface area contributed by atoms with Crippen LogP contribution in [0.5, 0.6) is 5.75 Å². The monoisotopic (exact) mass is 443 g/mol. The molecule has 0 unspecified atom stereocenters. The van der Waals surface area contributed by atoms with Gasteiger partial charge in [-0.15, -0.1) is 0 Å². The van der Waals surface area contributed by atoms with E-state index in [2.05, 4.69) is 30.3 Å². The predicted octanol–water partition coefficient (Wildman–Crippen LogP) is 4.56. The molecule has 0 aromatic heterocycles. The van der Waals surface area contributed by atoms with E-state index in [4.69, 9.17) is 4.74 Å². The van der Waals surface area contributed by atoms with Crippen molar-refractivity contribution in [1.82, 2.24) is 4.90 Å². The average molecular weight is 444 g/mol. The molecule has 0 spiro atoms. The Kier molecular flexibility index (Phi) is 6.92. The van der Waals surface area contributed by atoms with Crippen LogP contribution in [0.4, 0.5) is 0 Å². The van der Waals surface area contributed by atoms with E-state index in [1.54, 1.807) is 19.2 Å². The highest BCUT2D eigenvalue weighted by atomic mass is 16.5. The van der Waals surface area contributed by atoms with Gasteiger partial charge < -0.3 is 14.9 Å². The number of benzene rings is 3. The van der Waals surface area contributed by atoms with Crippen molar-refractivity contribution in [2.75, 3.05) is 20.2 Å². The minimum absolute atomic E-state index is 0.155. The SMILES string of the molecule is COc1ccc([C@]2(O)C[C@@H](C(=O)O)N(CCC=C(c3ccccc3)c3ccccc3)C2)cc1. The fourth-order valence-electron chi connectivity index (χ4n) is 4.56. The number of likely N-dealkylation sites (tertiary alicyclic amines) is 1. The van der Waals surface area contributed by atoms with Crippen molar-refractivity contribution in [3.05, 3.63) is 108 Å². The second-order valence-electron chi connectivity index (χ2n) is 8.43. The molecule has 1 heterocycles. The van der Waals surface area contributed by atoms with Crippen molar-refractivity contribution < 1.29 is 19.7 Å². The highest BCUT2D eigenvalue weighted by Crippen LogP contribution is 2.37. The maximum atomic E-state index is 12.0. The number of ether oxygens (including phenoxy) is 1. The molecule has 2 atom stereocenters. The van der Waals surface area contributed by atoms with Crippen molar-refractivity contribution in [1.29, 1.82) is 0 Å². The second-order valence-corrected chi connectivity index (χ2v) is 8.43. The first kappa shape index (κ1) is 22.8. The van der Waals surface area contributed by atoms with E-state index in [-0.39, 0.29) is 13.0 Å². The summed E-state index contributed by atoms with van der Waals surface area (Å²) in [6.07, 6.45) is 2.98. The Bertz CT molecular complexity index is 1050. The molecule has 1 aliphatic rings. The summed E-state index contributed by atoms with van der Waals surface area (Å²) in [5.41, 5.74) is 2.86. The van der Waals surface area contributed by atoms with E-state index in [0.29, 0.717) is 24.3 Å². The number of nitrogens with zero attached hydrogens (tertiary/aromatic N) is 1. The summed E-state index contributed by atoms with van der Waals surface area (Å²) in [5.74, 6) is -0.207. The Balaban J connectivity index is 1.54. The van der Waals surface area contributed by atoms with Gasteiger partial charge in [0.15, 0.2) is 0 Å². The Morgan fingerprint density at radius 2 is 1.58 bits per heavy atom. The van der Waals surface area contributed by atoms with Crippen LogP contribution < -0.4 is 4.74 Å². The van der Waals surface area contributed by atoms with Gasteiger partial charge >= 0.3 is 5.97 Å². The number of carboxylic acids is 1. The number of methoxy groups -OCH3 is 1. The third-order valence-corrected chi connectivity index (χ3v) is 6.28. The van der Waals surface area contributed by atoms with Gasteiger partial charge in [-0.25, -0.2) is 0 Å². The minimum Gasteiger partial charge on any atom is -0.497 e. The number of hydrogen-bond donors (Lipinski definition) is 2. The summed E-state index contributed by atoms with van der Waals surface area (Å²) >= 11 is 0. The van der Waals surface area contributed by atoms with Crippen molar-refractivity contribution in [2.45, 2.75) is 24.5 Å². The first-order valence-electron chi connectivity index (χ1n) is 11.1. The number of aliphatic carboxylic acids is 1. The zero-order valence-electron chi connectivity index (χ0n) is 18.7. The Hall–Kier alpha value is -3.41. The molecule has 0 amide bonds. The van der Waals surface area contributed by atoms with E-state index < -0.39 is 17.6 Å². The molecule has 0 bridgehead atoms. The third-order valence-electron chi connectivity index (χ3n) is 6.28. The van der Waals surface area contributed by atoms with Gasteiger partial charge in [0.2, 0.25) is 0 Å². The van der Waals surface area contributed by atoms with Crippen LogP contribution in [0.15, 0.2) is 91.0 Å². The molecule has 5 nitrogen and oxygen atoms in total. The fourth-order valence-corrected chi connectivity index (χ4v) is 4.56. The quantitative estimate of drug-likeness (QED) is 0.534. The van der Waals surface area contributed by atoms with Gasteiger partial charge in [0.25, 0.3) is 0 Å². The van der Waals surface area contributed by atoms with Crippen molar-refractivity contribution in [2.24, 2.45) is 0 Å². The molecule has 1 fully saturated rings. The van der Waals surface area contributed by atoms with Crippen LogP contribution >= 0.6 is 0 Å². The number of hydrogen-bond acceptors (Lipinski definition) is 4. The summed E-state index contributed by atoms with van der Waals surface area (Å²) in [4.78, 5) is 13.9. The van der Waals surface area contributed by atoms with Gasteiger partial charge in [0, 0.05) is 19.5 Å². The molecule has 1 aliphatic heterocycles. The van der Waals surface area contributed by atoms with Gasteiger partial charge in [-0.05, 0) is 40.8 Å². The maximum absolute atomic E-state index is 12.0. The molecule has 0 saturated carbocycles. The molecule has 33 heavy (non-hydrogen) atoms. The molecule has 1 saturated heterocycles. The van der Waals surface area contributed by atoms with Crippen molar-refractivity contribution in [3.8, 4) is 5.75 Å². The van der Waals surface area contributed by atoms with Crippen LogP contribution in [-0.2, 0) is 10.4 Å². The molecule has 5 heteroatoms. The predicted molar refractivity (Wildman–Crippen MR) is 129 cm³/mol. The van der Waals surface area contributed by atoms with E-state index in [1.807, 2.05) is 53.4 Å². The number of carboxylic acid groups (broad SMARTS) is 1. The van der Waals surface area contributed by atoms with Crippen LogP contribution in [0.1, 0.15) is 29.5 Å². The van der Waals surface area contributed by atoms with Gasteiger partial charge in [-0.1, -0.05) is 78.9 Å². The number of β-amino-alcohol motifs (C(OH)–C–C–N with tert-alkyl or cyclic N) is 1. The Morgan fingerprint density at radius 3 is 2.09 bits per heavy atom. The average Bonchev–Trinajstić information content (AvgIpc) is 3.21. The Labute approximate surface area is 194 Å². The van der Waals surface area contributed by atoms with Gasteiger partial charge in [-0.3, -0.25) is 9.69 Å². The highest BCUT2D eigenvalue weighted by molar-refractivity contribution is 5.79. The zero-order chi connectivity index (χ0) is 23.3. The first-order chi connectivity index (χ1) is 16.0. The van der Waals surface area contributed by atoms with Gasteiger partial charge in [0.05, 0.1) is 7.11 Å². The maximum Gasteiger partial charge on any atom is 0.321 e. The van der Waals surface area contributed by atoms with Gasteiger partial charge in [-0.2, -0.15) is 0 Å². The molecular weight excluding hydrogens is 414 g/mol. The normalized spacial score (nSPS) is 20.4. The molecule has 4 rings (SSSR count). The minimum atomic E-state index is -1.21. The van der Waals surface area contributed by atoms with Gasteiger partial charge in [0.1, 0.15) is 17.4 Å². The third kappa shape index (κ3) is 5.16. The summed E-state index contributed by atoms with van der Waals surface area (Å²) < 4.78 is 5.20. The molecule has 2 N–H and O–H groups in total. The zero-order valence-corrected chi connectivity index (χ0v) is 18.7. The lowest BCUT2D eigenvalue weighted by molar-refractivity contribution is -0.142. The molecule has 170 valence electrons. The van der Waals surface area contributed by atoms with E-state index >= 15 is 0 Å². The van der Waals surface area contributed by atoms with E-state index in [1.165, 1.54) is 0 Å². The molecule has 3 aromatic rings. The number of aliphatic hydroxyl groups is 1.